The number of benzene rings is 1. The van der Waals surface area contributed by atoms with Crippen molar-refractivity contribution in [2.75, 3.05) is 10.2 Å². The number of para-hydroxylation sites is 1. The molecule has 11 heteroatoms. The Hall–Kier alpha value is -4.90. The molecule has 4 amide bonds. The average Bonchev–Trinajstić information content (AvgIpc) is 3.35. The number of carbonyl (C=O) groups is 3. The standard InChI is InChI=1S/C29H24N6O4S/c1-2-23(36)32-19-10-6-7-11-20(19)33-27(37)26-25-24-21(14-15-30-28(24)40-26)35(29(38)34-25)22-13-12-18(16-31-22)39-17-8-4-3-5-9-17/h2-5,8-9,12-16,20H,1,6-7,10-11H2,(H,33,37)(H,34,38)/t20-/m1/s1. The van der Waals surface area contributed by atoms with Crippen LogP contribution in [-0.4, -0.2) is 39.6 Å². The fourth-order valence-corrected chi connectivity index (χ4v) is 5.88. The molecule has 10 nitrogen and oxygen atoms in total. The summed E-state index contributed by atoms with van der Waals surface area (Å²) in [7, 11) is 0. The number of urea groups is 1. The molecule has 1 aromatic carbocycles. The van der Waals surface area contributed by atoms with Gasteiger partial charge < -0.3 is 15.4 Å². The molecule has 3 aromatic heterocycles. The number of anilines is 3. The first-order valence-electron chi connectivity index (χ1n) is 12.8. The number of aliphatic imine (C=N–C) groups is 1. The van der Waals surface area contributed by atoms with E-state index < -0.39 is 11.9 Å². The van der Waals surface area contributed by atoms with Crippen molar-refractivity contribution in [3.05, 3.63) is 78.5 Å². The van der Waals surface area contributed by atoms with E-state index in [1.165, 1.54) is 16.2 Å². The van der Waals surface area contributed by atoms with Gasteiger partial charge in [-0.2, -0.15) is 0 Å². The van der Waals surface area contributed by atoms with Crippen LogP contribution in [0.3, 0.4) is 0 Å². The average molecular weight is 553 g/mol. The topological polar surface area (TPSA) is 126 Å². The Bertz CT molecular complexity index is 1670. The van der Waals surface area contributed by atoms with E-state index in [0.29, 0.717) is 62.3 Å². The lowest BCUT2D eigenvalue weighted by Gasteiger charge is -2.28. The zero-order chi connectivity index (χ0) is 27.6. The van der Waals surface area contributed by atoms with Crippen LogP contribution in [0.1, 0.15) is 35.4 Å². The molecule has 0 spiro atoms. The maximum Gasteiger partial charge on any atom is 0.332 e. The van der Waals surface area contributed by atoms with Gasteiger partial charge in [-0.15, -0.1) is 11.3 Å². The van der Waals surface area contributed by atoms with E-state index in [9.17, 15) is 14.4 Å². The zero-order valence-electron chi connectivity index (χ0n) is 21.3. The number of thiophene rings is 1. The summed E-state index contributed by atoms with van der Waals surface area (Å²) in [5.74, 6) is 0.814. The minimum absolute atomic E-state index is 0.336. The van der Waals surface area contributed by atoms with Gasteiger partial charge in [0.1, 0.15) is 27.0 Å². The van der Waals surface area contributed by atoms with Gasteiger partial charge in [-0.05, 0) is 55.7 Å². The molecule has 6 rings (SSSR count). The molecule has 1 atom stereocenters. The first-order valence-corrected chi connectivity index (χ1v) is 13.6. The van der Waals surface area contributed by atoms with Crippen LogP contribution in [0.15, 0.2) is 78.6 Å². The predicted molar refractivity (Wildman–Crippen MR) is 154 cm³/mol. The number of nitrogens with one attached hydrogen (secondary N) is 2. The number of nitrogens with zero attached hydrogens (tertiary/aromatic N) is 4. The lowest BCUT2D eigenvalue weighted by atomic mass is 9.93. The molecule has 2 N–H and O–H groups in total. The van der Waals surface area contributed by atoms with Crippen molar-refractivity contribution >= 4 is 62.3 Å². The van der Waals surface area contributed by atoms with Crippen LogP contribution in [-0.2, 0) is 4.79 Å². The van der Waals surface area contributed by atoms with Gasteiger partial charge in [-0.3, -0.25) is 9.59 Å². The number of hydrogen-bond acceptors (Lipinski definition) is 7. The van der Waals surface area contributed by atoms with E-state index in [1.807, 2.05) is 30.3 Å². The van der Waals surface area contributed by atoms with Crippen molar-refractivity contribution in [1.82, 2.24) is 15.3 Å². The second kappa shape index (κ2) is 10.7. The van der Waals surface area contributed by atoms with Crippen LogP contribution in [0.4, 0.5) is 22.0 Å². The monoisotopic (exact) mass is 552 g/mol. The molecule has 200 valence electrons. The predicted octanol–water partition coefficient (Wildman–Crippen LogP) is 5.99. The van der Waals surface area contributed by atoms with E-state index in [-0.39, 0.29) is 11.9 Å². The summed E-state index contributed by atoms with van der Waals surface area (Å²) in [5.41, 5.74) is 1.61. The van der Waals surface area contributed by atoms with Gasteiger partial charge in [0.05, 0.1) is 29.0 Å². The molecule has 0 unspecified atom stereocenters. The number of aromatic nitrogens is 2. The smallest absolute Gasteiger partial charge is 0.332 e. The molecule has 2 aliphatic rings. The summed E-state index contributed by atoms with van der Waals surface area (Å²) < 4.78 is 5.82. The van der Waals surface area contributed by atoms with Crippen molar-refractivity contribution in [1.29, 1.82) is 0 Å². The van der Waals surface area contributed by atoms with Gasteiger partial charge >= 0.3 is 6.03 Å². The summed E-state index contributed by atoms with van der Waals surface area (Å²) in [6, 6.07) is 13.7. The highest BCUT2D eigenvalue weighted by Crippen LogP contribution is 2.45. The quantitative estimate of drug-likeness (QED) is 0.283. The molecular weight excluding hydrogens is 528 g/mol. The number of carbonyl (C=O) groups excluding carboxylic acids is 3. The van der Waals surface area contributed by atoms with Crippen LogP contribution < -0.4 is 20.3 Å². The Morgan fingerprint density at radius 1 is 1.12 bits per heavy atom. The normalized spacial score (nSPS) is 17.4. The van der Waals surface area contributed by atoms with E-state index in [4.69, 9.17) is 4.74 Å². The molecule has 4 aromatic rings. The van der Waals surface area contributed by atoms with Crippen molar-refractivity contribution in [3.8, 4) is 11.5 Å². The van der Waals surface area contributed by atoms with E-state index in [2.05, 4.69) is 32.2 Å². The van der Waals surface area contributed by atoms with Gasteiger partial charge in [0.2, 0.25) is 0 Å². The first-order chi connectivity index (χ1) is 19.5. The summed E-state index contributed by atoms with van der Waals surface area (Å²) in [4.78, 5) is 54.1. The molecule has 0 saturated heterocycles. The van der Waals surface area contributed by atoms with Crippen LogP contribution in [0, 0.1) is 0 Å². The third kappa shape index (κ3) is 4.82. The zero-order valence-corrected chi connectivity index (χ0v) is 22.1. The van der Waals surface area contributed by atoms with Gasteiger partial charge in [-0.1, -0.05) is 31.2 Å². The van der Waals surface area contributed by atoms with Crippen LogP contribution in [0.25, 0.3) is 10.2 Å². The van der Waals surface area contributed by atoms with Crippen molar-refractivity contribution in [2.24, 2.45) is 4.99 Å². The van der Waals surface area contributed by atoms with Gasteiger partial charge in [0, 0.05) is 11.9 Å². The maximum atomic E-state index is 13.5. The largest absolute Gasteiger partial charge is 0.456 e. The Kier molecular flexibility index (Phi) is 6.79. The Morgan fingerprint density at radius 2 is 1.98 bits per heavy atom. The summed E-state index contributed by atoms with van der Waals surface area (Å²) in [6.45, 7) is 3.47. The van der Waals surface area contributed by atoms with Gasteiger partial charge in [0.25, 0.3) is 11.8 Å². The molecule has 0 bridgehead atoms. The Labute approximate surface area is 233 Å². The second-order valence-corrected chi connectivity index (χ2v) is 10.3. The van der Waals surface area contributed by atoms with Crippen molar-refractivity contribution in [2.45, 2.75) is 31.7 Å². The van der Waals surface area contributed by atoms with Crippen LogP contribution in [0.2, 0.25) is 0 Å². The Morgan fingerprint density at radius 3 is 2.75 bits per heavy atom. The van der Waals surface area contributed by atoms with Crippen LogP contribution >= 0.6 is 11.3 Å². The SMILES string of the molecule is C=CC(=O)N=C1CCCC[C@H]1NC(=O)c1sc2nccc3c2c1NC(=O)N3c1ccc(Oc2ccccc2)cn1. The summed E-state index contributed by atoms with van der Waals surface area (Å²) in [5, 5.41) is 6.54. The van der Waals surface area contributed by atoms with E-state index in [1.54, 1.807) is 30.6 Å². The Balaban J connectivity index is 1.29. The third-order valence-corrected chi connectivity index (χ3v) is 7.79. The van der Waals surface area contributed by atoms with Gasteiger partial charge in [-0.25, -0.2) is 24.7 Å². The molecule has 1 fully saturated rings. The first kappa shape index (κ1) is 25.4. The van der Waals surface area contributed by atoms with Gasteiger partial charge in [0.15, 0.2) is 0 Å². The van der Waals surface area contributed by atoms with E-state index >= 15 is 0 Å². The number of rotatable bonds is 6. The lowest BCUT2D eigenvalue weighted by Crippen LogP contribution is -2.43. The van der Waals surface area contributed by atoms with Crippen molar-refractivity contribution < 1.29 is 19.1 Å². The fourth-order valence-electron chi connectivity index (χ4n) is 4.86. The maximum absolute atomic E-state index is 13.5. The lowest BCUT2D eigenvalue weighted by molar-refractivity contribution is -0.113. The molecule has 0 radical (unpaired) electrons. The molecule has 40 heavy (non-hydrogen) atoms. The molecule has 4 heterocycles. The third-order valence-electron chi connectivity index (χ3n) is 6.69. The molecular formula is C29H24N6O4S. The fraction of sp³-hybridized carbons (Fsp3) is 0.172. The van der Waals surface area contributed by atoms with Crippen LogP contribution in [0.5, 0.6) is 11.5 Å². The van der Waals surface area contributed by atoms with Crippen molar-refractivity contribution in [3.63, 3.8) is 0 Å². The summed E-state index contributed by atoms with van der Waals surface area (Å²) in [6.07, 6.45) is 7.42. The number of amides is 4. The van der Waals surface area contributed by atoms with E-state index in [0.717, 1.165) is 18.9 Å². The molecule has 1 aliphatic heterocycles. The molecule has 1 aliphatic carbocycles. The highest BCUT2D eigenvalue weighted by molar-refractivity contribution is 7.21. The highest BCUT2D eigenvalue weighted by atomic mass is 32.1. The number of pyridine rings is 2. The number of hydrogen-bond donors (Lipinski definition) is 2. The summed E-state index contributed by atoms with van der Waals surface area (Å²) >= 11 is 1.19. The molecule has 1 saturated carbocycles. The minimum Gasteiger partial charge on any atom is -0.456 e. The minimum atomic E-state index is -0.451. The highest BCUT2D eigenvalue weighted by Gasteiger charge is 2.34. The second-order valence-electron chi connectivity index (χ2n) is 9.27. The number of ether oxygens (including phenoxy) is 1.